The zero-order chi connectivity index (χ0) is 16.4. The molecule has 0 amide bonds. The van der Waals surface area contributed by atoms with Gasteiger partial charge in [-0.05, 0) is 45.2 Å². The van der Waals surface area contributed by atoms with Gasteiger partial charge in [-0.25, -0.2) is 0 Å². The van der Waals surface area contributed by atoms with Crippen LogP contribution in [0.4, 0.5) is 0 Å². The van der Waals surface area contributed by atoms with Gasteiger partial charge in [0, 0.05) is 24.3 Å². The standard InChI is InChI=1S/C19H27N3O/c1-14-19(13-21-10-9-18(12-21)16(3)23)15(2)22(20-14)11-17-7-5-4-6-8-17/h4-8,16,18,23H,9-13H2,1-3H3. The van der Waals surface area contributed by atoms with Crippen LogP contribution in [0.15, 0.2) is 30.3 Å². The van der Waals surface area contributed by atoms with E-state index in [-0.39, 0.29) is 6.10 Å². The molecule has 0 saturated carbocycles. The predicted octanol–water partition coefficient (Wildman–Crippen LogP) is 2.75. The van der Waals surface area contributed by atoms with Gasteiger partial charge in [0.25, 0.3) is 0 Å². The van der Waals surface area contributed by atoms with E-state index >= 15 is 0 Å². The first-order chi connectivity index (χ1) is 11.0. The van der Waals surface area contributed by atoms with Crippen LogP contribution in [-0.2, 0) is 13.1 Å². The van der Waals surface area contributed by atoms with Crippen LogP contribution in [0.5, 0.6) is 0 Å². The predicted molar refractivity (Wildman–Crippen MR) is 92.3 cm³/mol. The van der Waals surface area contributed by atoms with Crippen LogP contribution in [0, 0.1) is 19.8 Å². The molecule has 3 rings (SSSR count). The van der Waals surface area contributed by atoms with Crippen molar-refractivity contribution in [2.75, 3.05) is 13.1 Å². The second-order valence-electron chi connectivity index (χ2n) is 6.82. The molecule has 0 aliphatic carbocycles. The van der Waals surface area contributed by atoms with Crippen molar-refractivity contribution in [1.82, 2.24) is 14.7 Å². The molecule has 2 aromatic rings. The Kier molecular flexibility index (Phi) is 4.83. The number of nitrogens with zero attached hydrogens (tertiary/aromatic N) is 3. The Bertz CT molecular complexity index is 648. The lowest BCUT2D eigenvalue weighted by Gasteiger charge is -2.17. The lowest BCUT2D eigenvalue weighted by atomic mass is 10.0. The minimum atomic E-state index is -0.206. The Balaban J connectivity index is 1.71. The van der Waals surface area contributed by atoms with Gasteiger partial charge in [-0.1, -0.05) is 30.3 Å². The van der Waals surface area contributed by atoms with E-state index in [4.69, 9.17) is 5.10 Å². The summed E-state index contributed by atoms with van der Waals surface area (Å²) in [4.78, 5) is 2.45. The van der Waals surface area contributed by atoms with E-state index in [1.165, 1.54) is 16.8 Å². The summed E-state index contributed by atoms with van der Waals surface area (Å²) < 4.78 is 2.11. The smallest absolute Gasteiger partial charge is 0.0662 e. The van der Waals surface area contributed by atoms with Crippen molar-refractivity contribution in [3.8, 4) is 0 Å². The van der Waals surface area contributed by atoms with Crippen LogP contribution in [-0.4, -0.2) is 39.0 Å². The molecule has 2 unspecified atom stereocenters. The monoisotopic (exact) mass is 313 g/mol. The fourth-order valence-corrected chi connectivity index (χ4v) is 3.50. The largest absolute Gasteiger partial charge is 0.393 e. The third kappa shape index (κ3) is 3.65. The van der Waals surface area contributed by atoms with Crippen molar-refractivity contribution < 1.29 is 5.11 Å². The summed E-state index contributed by atoms with van der Waals surface area (Å²) >= 11 is 0. The summed E-state index contributed by atoms with van der Waals surface area (Å²) in [7, 11) is 0. The van der Waals surface area contributed by atoms with E-state index < -0.39 is 0 Å². The van der Waals surface area contributed by atoms with Gasteiger partial charge in [0.2, 0.25) is 0 Å². The maximum Gasteiger partial charge on any atom is 0.0662 e. The SMILES string of the molecule is Cc1nn(Cc2ccccc2)c(C)c1CN1CCC(C(C)O)C1. The van der Waals surface area contributed by atoms with Crippen molar-refractivity contribution in [3.63, 3.8) is 0 Å². The molecule has 2 atom stereocenters. The quantitative estimate of drug-likeness (QED) is 0.923. The molecule has 1 aliphatic heterocycles. The van der Waals surface area contributed by atoms with Gasteiger partial charge in [0.1, 0.15) is 0 Å². The van der Waals surface area contributed by atoms with Crippen molar-refractivity contribution in [1.29, 1.82) is 0 Å². The van der Waals surface area contributed by atoms with Gasteiger partial charge in [-0.15, -0.1) is 0 Å². The summed E-state index contributed by atoms with van der Waals surface area (Å²) in [6.07, 6.45) is 0.886. The summed E-state index contributed by atoms with van der Waals surface area (Å²) in [6, 6.07) is 10.5. The number of likely N-dealkylation sites (tertiary alicyclic amines) is 1. The molecule has 1 aliphatic rings. The molecule has 4 heteroatoms. The van der Waals surface area contributed by atoms with Crippen LogP contribution < -0.4 is 0 Å². The molecule has 1 aromatic carbocycles. The number of aliphatic hydroxyl groups is 1. The van der Waals surface area contributed by atoms with E-state index in [9.17, 15) is 5.11 Å². The molecule has 1 N–H and O–H groups in total. The van der Waals surface area contributed by atoms with E-state index in [2.05, 4.69) is 47.7 Å². The lowest BCUT2D eigenvalue weighted by molar-refractivity contribution is 0.127. The molecular weight excluding hydrogens is 286 g/mol. The van der Waals surface area contributed by atoms with E-state index in [0.29, 0.717) is 5.92 Å². The fourth-order valence-electron chi connectivity index (χ4n) is 3.50. The maximum absolute atomic E-state index is 9.77. The van der Waals surface area contributed by atoms with Crippen molar-refractivity contribution in [2.45, 2.75) is 46.4 Å². The van der Waals surface area contributed by atoms with Gasteiger partial charge in [-0.2, -0.15) is 5.10 Å². The Hall–Kier alpha value is -1.65. The van der Waals surface area contributed by atoms with Crippen molar-refractivity contribution in [3.05, 3.63) is 52.8 Å². The average Bonchev–Trinajstić information content (AvgIpc) is 3.10. The van der Waals surface area contributed by atoms with Crippen LogP contribution in [0.2, 0.25) is 0 Å². The van der Waals surface area contributed by atoms with Crippen LogP contribution in [0.1, 0.15) is 35.9 Å². The second kappa shape index (κ2) is 6.85. The molecule has 1 fully saturated rings. The fraction of sp³-hybridized carbons (Fsp3) is 0.526. The minimum absolute atomic E-state index is 0.206. The van der Waals surface area contributed by atoms with Gasteiger partial charge in [0.05, 0.1) is 18.3 Å². The number of benzene rings is 1. The number of aliphatic hydroxyl groups excluding tert-OH is 1. The zero-order valence-electron chi connectivity index (χ0n) is 14.4. The molecule has 1 aromatic heterocycles. The van der Waals surface area contributed by atoms with Gasteiger partial charge < -0.3 is 5.11 Å². The Labute approximate surface area is 138 Å². The molecule has 0 bridgehead atoms. The van der Waals surface area contributed by atoms with Gasteiger partial charge in [0.15, 0.2) is 0 Å². The average molecular weight is 313 g/mol. The van der Waals surface area contributed by atoms with Crippen LogP contribution >= 0.6 is 0 Å². The zero-order valence-corrected chi connectivity index (χ0v) is 14.4. The van der Waals surface area contributed by atoms with Crippen molar-refractivity contribution in [2.24, 2.45) is 5.92 Å². The molecule has 0 spiro atoms. The van der Waals surface area contributed by atoms with Gasteiger partial charge >= 0.3 is 0 Å². The number of hydrogen-bond acceptors (Lipinski definition) is 3. The highest BCUT2D eigenvalue weighted by atomic mass is 16.3. The minimum Gasteiger partial charge on any atom is -0.393 e. The van der Waals surface area contributed by atoms with E-state index in [1.54, 1.807) is 0 Å². The summed E-state index contributed by atoms with van der Waals surface area (Å²) in [5.41, 5.74) is 5.00. The van der Waals surface area contributed by atoms with E-state index in [1.807, 2.05) is 13.0 Å². The summed E-state index contributed by atoms with van der Waals surface area (Å²) in [5, 5.41) is 14.5. The lowest BCUT2D eigenvalue weighted by Crippen LogP contribution is -2.24. The van der Waals surface area contributed by atoms with Crippen LogP contribution in [0.3, 0.4) is 0 Å². The third-order valence-electron chi connectivity index (χ3n) is 5.08. The first-order valence-electron chi connectivity index (χ1n) is 8.52. The highest BCUT2D eigenvalue weighted by Gasteiger charge is 2.27. The molecular formula is C19H27N3O. The molecule has 124 valence electrons. The number of rotatable bonds is 5. The highest BCUT2D eigenvalue weighted by molar-refractivity contribution is 5.26. The third-order valence-corrected chi connectivity index (χ3v) is 5.08. The summed E-state index contributed by atoms with van der Waals surface area (Å²) in [5.74, 6) is 0.412. The normalized spacial score (nSPS) is 20.1. The van der Waals surface area contributed by atoms with Gasteiger partial charge in [-0.3, -0.25) is 9.58 Å². The number of hydrogen-bond donors (Lipinski definition) is 1. The topological polar surface area (TPSA) is 41.3 Å². The van der Waals surface area contributed by atoms with Crippen molar-refractivity contribution >= 4 is 0 Å². The number of aromatic nitrogens is 2. The van der Waals surface area contributed by atoms with E-state index in [0.717, 1.165) is 38.3 Å². The maximum atomic E-state index is 9.77. The molecule has 23 heavy (non-hydrogen) atoms. The Morgan fingerprint density at radius 1 is 1.22 bits per heavy atom. The first-order valence-corrected chi connectivity index (χ1v) is 8.52. The van der Waals surface area contributed by atoms with Crippen LogP contribution in [0.25, 0.3) is 0 Å². The second-order valence-corrected chi connectivity index (χ2v) is 6.82. The summed E-state index contributed by atoms with van der Waals surface area (Å²) in [6.45, 7) is 9.99. The first kappa shape index (κ1) is 16.2. The Morgan fingerprint density at radius 2 is 1.96 bits per heavy atom. The molecule has 1 saturated heterocycles. The molecule has 2 heterocycles. The highest BCUT2D eigenvalue weighted by Crippen LogP contribution is 2.24. The number of aryl methyl sites for hydroxylation is 1. The molecule has 0 radical (unpaired) electrons. The molecule has 4 nitrogen and oxygen atoms in total. The Morgan fingerprint density at radius 3 is 2.61 bits per heavy atom.